The molecule has 126 valence electrons. The van der Waals surface area contributed by atoms with Gasteiger partial charge >= 0.3 is 0 Å². The van der Waals surface area contributed by atoms with Crippen molar-refractivity contribution >= 4 is 5.69 Å². The molecule has 24 heavy (non-hydrogen) atoms. The molecule has 0 aliphatic heterocycles. The van der Waals surface area contributed by atoms with Gasteiger partial charge in [0.2, 0.25) is 5.43 Å². The molecular formula is C21H26N2O. The van der Waals surface area contributed by atoms with Gasteiger partial charge in [-0.25, -0.2) is 0 Å². The number of fused-ring (bicyclic) bond motifs is 1. The van der Waals surface area contributed by atoms with Crippen LogP contribution in [0, 0.1) is 0 Å². The zero-order chi connectivity index (χ0) is 17.5. The van der Waals surface area contributed by atoms with E-state index < -0.39 is 0 Å². The molecule has 1 aliphatic rings. The van der Waals surface area contributed by atoms with Crippen molar-refractivity contribution in [1.29, 1.82) is 0 Å². The summed E-state index contributed by atoms with van der Waals surface area (Å²) in [7, 11) is 0. The summed E-state index contributed by atoms with van der Waals surface area (Å²) in [6.45, 7) is 9.29. The molecule has 0 atom stereocenters. The van der Waals surface area contributed by atoms with Crippen molar-refractivity contribution < 1.29 is 0 Å². The van der Waals surface area contributed by atoms with E-state index >= 15 is 0 Å². The van der Waals surface area contributed by atoms with Gasteiger partial charge in [0.15, 0.2) is 0 Å². The van der Waals surface area contributed by atoms with Crippen molar-refractivity contribution in [2.24, 2.45) is 5.84 Å². The molecule has 0 radical (unpaired) electrons. The molecule has 0 bridgehead atoms. The summed E-state index contributed by atoms with van der Waals surface area (Å²) in [6, 6.07) is 13.8. The van der Waals surface area contributed by atoms with Crippen LogP contribution in [0.3, 0.4) is 0 Å². The van der Waals surface area contributed by atoms with E-state index in [0.717, 1.165) is 11.1 Å². The summed E-state index contributed by atoms with van der Waals surface area (Å²) in [6.07, 6.45) is 2.39. The summed E-state index contributed by atoms with van der Waals surface area (Å²) in [5.74, 6) is 5.40. The number of hydrazine groups is 1. The van der Waals surface area contributed by atoms with Gasteiger partial charge in [-0.3, -0.25) is 10.6 Å². The molecule has 2 aromatic rings. The average molecular weight is 322 g/mol. The highest BCUT2D eigenvalue weighted by Crippen LogP contribution is 2.46. The Balaban J connectivity index is 2.16. The summed E-state index contributed by atoms with van der Waals surface area (Å²) in [5.41, 5.74) is 8.16. The Morgan fingerprint density at radius 3 is 2.08 bits per heavy atom. The van der Waals surface area contributed by atoms with Crippen LogP contribution in [0.2, 0.25) is 0 Å². The third kappa shape index (κ3) is 2.84. The molecule has 3 rings (SSSR count). The SMILES string of the molecule is CC1(C)CCC(C)(C)c2cc(-c3ccc(NN)c(=O)cc3)ccc21. The Bertz CT molecular complexity index is 837. The monoisotopic (exact) mass is 322 g/mol. The second-order valence-corrected chi connectivity index (χ2v) is 8.07. The fourth-order valence-corrected chi connectivity index (χ4v) is 3.65. The molecular weight excluding hydrogens is 296 g/mol. The Hall–Kier alpha value is -2.13. The first-order chi connectivity index (χ1) is 11.2. The summed E-state index contributed by atoms with van der Waals surface area (Å²) >= 11 is 0. The van der Waals surface area contributed by atoms with Gasteiger partial charge in [0.25, 0.3) is 0 Å². The number of anilines is 1. The predicted molar refractivity (Wildman–Crippen MR) is 101 cm³/mol. The third-order valence-corrected chi connectivity index (χ3v) is 5.45. The quantitative estimate of drug-likeness (QED) is 0.638. The molecule has 3 nitrogen and oxygen atoms in total. The second-order valence-electron chi connectivity index (χ2n) is 8.07. The normalized spacial score (nSPS) is 17.9. The van der Waals surface area contributed by atoms with Crippen molar-refractivity contribution in [3.8, 4) is 11.1 Å². The minimum Gasteiger partial charge on any atom is -0.321 e. The van der Waals surface area contributed by atoms with Crippen molar-refractivity contribution in [1.82, 2.24) is 0 Å². The van der Waals surface area contributed by atoms with Gasteiger partial charge in [0.05, 0.1) is 5.69 Å². The Labute approximate surface area is 143 Å². The first-order valence-electron chi connectivity index (χ1n) is 8.51. The van der Waals surface area contributed by atoms with Gasteiger partial charge in [-0.05, 0) is 58.1 Å². The van der Waals surface area contributed by atoms with Crippen molar-refractivity contribution in [3.05, 3.63) is 63.8 Å². The second kappa shape index (κ2) is 5.75. The molecule has 0 aromatic heterocycles. The number of benzene rings is 1. The minimum absolute atomic E-state index is 0.108. The maximum atomic E-state index is 11.9. The van der Waals surface area contributed by atoms with Crippen molar-refractivity contribution in [3.63, 3.8) is 0 Å². The van der Waals surface area contributed by atoms with Gasteiger partial charge in [0.1, 0.15) is 0 Å². The lowest BCUT2D eigenvalue weighted by Crippen LogP contribution is -2.33. The average Bonchev–Trinajstić information content (AvgIpc) is 2.73. The Morgan fingerprint density at radius 1 is 0.833 bits per heavy atom. The van der Waals surface area contributed by atoms with E-state index in [1.807, 2.05) is 12.1 Å². The molecule has 2 aromatic carbocycles. The highest BCUT2D eigenvalue weighted by atomic mass is 16.1. The zero-order valence-corrected chi connectivity index (χ0v) is 14.9. The van der Waals surface area contributed by atoms with Crippen LogP contribution in [0.25, 0.3) is 11.1 Å². The smallest absolute Gasteiger partial charge is 0.202 e. The number of nitrogens with one attached hydrogen (secondary N) is 1. The number of nitrogens with two attached hydrogens (primary N) is 1. The number of hydrogen-bond donors (Lipinski definition) is 2. The molecule has 0 heterocycles. The van der Waals surface area contributed by atoms with E-state index in [1.165, 1.54) is 24.0 Å². The van der Waals surface area contributed by atoms with Gasteiger partial charge in [-0.15, -0.1) is 0 Å². The maximum Gasteiger partial charge on any atom is 0.202 e. The molecule has 0 saturated heterocycles. The van der Waals surface area contributed by atoms with E-state index in [4.69, 9.17) is 5.84 Å². The Morgan fingerprint density at radius 2 is 1.42 bits per heavy atom. The van der Waals surface area contributed by atoms with Crippen LogP contribution in [0.4, 0.5) is 5.69 Å². The zero-order valence-electron chi connectivity index (χ0n) is 14.9. The summed E-state index contributed by atoms with van der Waals surface area (Å²) in [5, 5.41) is 0. The third-order valence-electron chi connectivity index (χ3n) is 5.45. The van der Waals surface area contributed by atoms with Gasteiger partial charge in [0, 0.05) is 0 Å². The van der Waals surface area contributed by atoms with Crippen LogP contribution in [-0.4, -0.2) is 0 Å². The predicted octanol–water partition coefficient (Wildman–Crippen LogP) is 4.35. The lowest BCUT2D eigenvalue weighted by Gasteiger charge is -2.42. The lowest BCUT2D eigenvalue weighted by molar-refractivity contribution is 0.332. The van der Waals surface area contributed by atoms with E-state index in [0.29, 0.717) is 5.69 Å². The number of hydrogen-bond acceptors (Lipinski definition) is 3. The van der Waals surface area contributed by atoms with Gasteiger partial charge in [-0.1, -0.05) is 58.0 Å². The van der Waals surface area contributed by atoms with Crippen LogP contribution in [0.5, 0.6) is 0 Å². The van der Waals surface area contributed by atoms with E-state index in [1.54, 1.807) is 12.1 Å². The first kappa shape index (κ1) is 16.7. The largest absolute Gasteiger partial charge is 0.321 e. The highest BCUT2D eigenvalue weighted by Gasteiger charge is 2.36. The molecule has 3 N–H and O–H groups in total. The van der Waals surface area contributed by atoms with Crippen LogP contribution in [-0.2, 0) is 10.8 Å². The molecule has 0 amide bonds. The summed E-state index contributed by atoms with van der Waals surface area (Å²) < 4.78 is 0. The van der Waals surface area contributed by atoms with Crippen LogP contribution < -0.4 is 16.7 Å². The van der Waals surface area contributed by atoms with Crippen molar-refractivity contribution in [2.75, 3.05) is 5.43 Å². The topological polar surface area (TPSA) is 55.1 Å². The number of nitrogen functional groups attached to an aromatic ring is 1. The first-order valence-corrected chi connectivity index (χ1v) is 8.51. The fraction of sp³-hybridized carbons (Fsp3) is 0.381. The van der Waals surface area contributed by atoms with Crippen LogP contribution >= 0.6 is 0 Å². The number of rotatable bonds is 2. The van der Waals surface area contributed by atoms with Crippen LogP contribution in [0.1, 0.15) is 51.7 Å². The van der Waals surface area contributed by atoms with Gasteiger partial charge in [-0.2, -0.15) is 0 Å². The van der Waals surface area contributed by atoms with Crippen LogP contribution in [0.15, 0.2) is 47.3 Å². The standard InChI is InChI=1S/C21H26N2O/c1-20(2)11-12-21(3,4)17-13-15(5-8-16(17)20)14-6-9-18(23-22)19(24)10-7-14/h5-10,13H,11-12,22H2,1-4H3,(H,23,24). The fourth-order valence-electron chi connectivity index (χ4n) is 3.65. The minimum atomic E-state index is -0.108. The lowest BCUT2D eigenvalue weighted by atomic mass is 9.63. The molecule has 0 fully saturated rings. The molecule has 0 unspecified atom stereocenters. The molecule has 3 heteroatoms. The molecule has 0 saturated carbocycles. The highest BCUT2D eigenvalue weighted by molar-refractivity contribution is 5.67. The van der Waals surface area contributed by atoms with E-state index in [2.05, 4.69) is 51.3 Å². The van der Waals surface area contributed by atoms with Gasteiger partial charge < -0.3 is 5.43 Å². The maximum absolute atomic E-state index is 11.9. The van der Waals surface area contributed by atoms with Crippen molar-refractivity contribution in [2.45, 2.75) is 51.4 Å². The molecule has 1 aliphatic carbocycles. The summed E-state index contributed by atoms with van der Waals surface area (Å²) in [4.78, 5) is 11.9. The van der Waals surface area contributed by atoms with E-state index in [9.17, 15) is 4.79 Å². The molecule has 0 spiro atoms. The van der Waals surface area contributed by atoms with E-state index in [-0.39, 0.29) is 16.3 Å². The Kier molecular flexibility index (Phi) is 4.00.